The Bertz CT molecular complexity index is 2640. The summed E-state index contributed by atoms with van der Waals surface area (Å²) in [6, 6.07) is 57.1. The van der Waals surface area contributed by atoms with Crippen molar-refractivity contribution in [1.82, 2.24) is 9.55 Å². The van der Waals surface area contributed by atoms with Crippen LogP contribution in [0.4, 0.5) is 11.5 Å². The van der Waals surface area contributed by atoms with Crippen molar-refractivity contribution in [3.05, 3.63) is 187 Å². The summed E-state index contributed by atoms with van der Waals surface area (Å²) < 4.78 is 2.38. The molecule has 0 atom stereocenters. The lowest BCUT2D eigenvalue weighted by Crippen LogP contribution is -2.18. The zero-order chi connectivity index (χ0) is 33.0. The standard InChI is InChI=1S/C47H33N3/c1-3-13-32(14-4-1)35-27-28-48-47(31-35)50-44-21-11-7-17-38(44)37-25-23-33(29-41(37)39-18-8-12-22-45(39)50)34-24-26-46-42(30-34)40-19-9-10-20-43(40)49(46)36-15-5-2-6-16-36/h1-6,8-16,18-31H,7,17H2. The molecule has 3 heterocycles. The Balaban J connectivity index is 1.15. The van der Waals surface area contributed by atoms with E-state index in [2.05, 4.69) is 179 Å². The third-order valence-electron chi connectivity index (χ3n) is 10.3. The summed E-state index contributed by atoms with van der Waals surface area (Å²) >= 11 is 0. The van der Waals surface area contributed by atoms with E-state index in [9.17, 15) is 0 Å². The van der Waals surface area contributed by atoms with Gasteiger partial charge in [0.15, 0.2) is 0 Å². The SMILES string of the molecule is C1=CC2=C(CC1)c1ccc(-c3ccc4c(c3)c3ccccc3n4-c3ccccc3)cc1-c1ccccc1N2c1cc(-c2ccccc2)ccn1. The van der Waals surface area contributed by atoms with Gasteiger partial charge >= 0.3 is 0 Å². The van der Waals surface area contributed by atoms with Gasteiger partial charge in [0.05, 0.1) is 22.4 Å². The van der Waals surface area contributed by atoms with Crippen molar-refractivity contribution >= 4 is 38.9 Å². The summed E-state index contributed by atoms with van der Waals surface area (Å²) in [5.41, 5.74) is 15.8. The molecule has 0 fully saturated rings. The van der Waals surface area contributed by atoms with Gasteiger partial charge in [0, 0.05) is 28.2 Å². The number of para-hydroxylation sites is 3. The van der Waals surface area contributed by atoms with Crippen LogP contribution in [0.25, 0.3) is 66.4 Å². The van der Waals surface area contributed by atoms with Crippen LogP contribution in [-0.2, 0) is 0 Å². The minimum Gasteiger partial charge on any atom is -0.309 e. The summed E-state index contributed by atoms with van der Waals surface area (Å²) in [5, 5.41) is 2.52. The smallest absolute Gasteiger partial charge is 0.138 e. The van der Waals surface area contributed by atoms with E-state index in [1.165, 1.54) is 72.1 Å². The molecule has 0 amide bonds. The Morgan fingerprint density at radius 2 is 1.22 bits per heavy atom. The lowest BCUT2D eigenvalue weighted by Gasteiger charge is -2.28. The third kappa shape index (κ3) is 4.55. The number of fused-ring (bicyclic) bond motifs is 7. The largest absolute Gasteiger partial charge is 0.309 e. The Kier molecular flexibility index (Phi) is 6.63. The van der Waals surface area contributed by atoms with Crippen LogP contribution in [0.1, 0.15) is 18.4 Å². The average Bonchev–Trinajstić information content (AvgIpc) is 3.46. The molecule has 0 spiro atoms. The second kappa shape index (κ2) is 11.6. The van der Waals surface area contributed by atoms with Gasteiger partial charge in [0.25, 0.3) is 0 Å². The Morgan fingerprint density at radius 1 is 0.500 bits per heavy atom. The highest BCUT2D eigenvalue weighted by molar-refractivity contribution is 6.10. The van der Waals surface area contributed by atoms with Crippen molar-refractivity contribution in [1.29, 1.82) is 0 Å². The fourth-order valence-corrected chi connectivity index (χ4v) is 7.97. The second-order valence-corrected chi connectivity index (χ2v) is 13.1. The normalized spacial score (nSPS) is 13.6. The zero-order valence-corrected chi connectivity index (χ0v) is 27.5. The van der Waals surface area contributed by atoms with Gasteiger partial charge in [-0.15, -0.1) is 0 Å². The minimum atomic E-state index is 0.922. The van der Waals surface area contributed by atoms with E-state index in [0.717, 1.165) is 29.9 Å². The van der Waals surface area contributed by atoms with Gasteiger partial charge in [-0.25, -0.2) is 4.98 Å². The van der Waals surface area contributed by atoms with Gasteiger partial charge in [0.1, 0.15) is 5.82 Å². The molecule has 10 rings (SSSR count). The molecule has 8 aromatic rings. The van der Waals surface area contributed by atoms with Crippen molar-refractivity contribution < 1.29 is 0 Å². The number of benzene rings is 6. The molecule has 50 heavy (non-hydrogen) atoms. The number of hydrogen-bond donors (Lipinski definition) is 0. The van der Waals surface area contributed by atoms with Crippen LogP contribution < -0.4 is 4.90 Å². The Labute approximate surface area is 291 Å². The molecule has 2 aromatic heterocycles. The number of pyridine rings is 1. The van der Waals surface area contributed by atoms with Crippen molar-refractivity contribution in [3.63, 3.8) is 0 Å². The molecular formula is C47H33N3. The van der Waals surface area contributed by atoms with E-state index < -0.39 is 0 Å². The monoisotopic (exact) mass is 639 g/mol. The van der Waals surface area contributed by atoms with Crippen LogP contribution in [0, 0.1) is 0 Å². The van der Waals surface area contributed by atoms with Gasteiger partial charge in [-0.05, 0) is 112 Å². The molecule has 0 unspecified atom stereocenters. The molecule has 0 radical (unpaired) electrons. The van der Waals surface area contributed by atoms with Crippen molar-refractivity contribution in [2.24, 2.45) is 0 Å². The quantitative estimate of drug-likeness (QED) is 0.191. The molecule has 1 aliphatic heterocycles. The highest BCUT2D eigenvalue weighted by Gasteiger charge is 2.29. The molecule has 0 N–H and O–H groups in total. The van der Waals surface area contributed by atoms with E-state index in [-0.39, 0.29) is 0 Å². The maximum absolute atomic E-state index is 4.98. The first kappa shape index (κ1) is 28.6. The number of aromatic nitrogens is 2. The van der Waals surface area contributed by atoms with Crippen molar-refractivity contribution in [2.75, 3.05) is 4.90 Å². The topological polar surface area (TPSA) is 21.1 Å². The van der Waals surface area contributed by atoms with Gasteiger partial charge in [-0.1, -0.05) is 109 Å². The molecule has 6 aromatic carbocycles. The second-order valence-electron chi connectivity index (χ2n) is 13.1. The van der Waals surface area contributed by atoms with Crippen LogP contribution in [0.15, 0.2) is 182 Å². The lowest BCUT2D eigenvalue weighted by molar-refractivity contribution is 1.01. The predicted octanol–water partition coefficient (Wildman–Crippen LogP) is 12.4. The number of rotatable bonds is 4. The predicted molar refractivity (Wildman–Crippen MR) is 209 cm³/mol. The molecule has 0 bridgehead atoms. The van der Waals surface area contributed by atoms with E-state index in [1.807, 2.05) is 6.20 Å². The lowest BCUT2D eigenvalue weighted by atomic mass is 9.88. The van der Waals surface area contributed by atoms with Gasteiger partial charge in [-0.2, -0.15) is 0 Å². The van der Waals surface area contributed by atoms with Crippen LogP contribution in [0.2, 0.25) is 0 Å². The maximum Gasteiger partial charge on any atom is 0.138 e. The van der Waals surface area contributed by atoms with E-state index in [0.29, 0.717) is 0 Å². The van der Waals surface area contributed by atoms with Gasteiger partial charge in [0.2, 0.25) is 0 Å². The third-order valence-corrected chi connectivity index (χ3v) is 10.3. The molecule has 2 aliphatic rings. The molecule has 3 heteroatoms. The van der Waals surface area contributed by atoms with Crippen LogP contribution in [-0.4, -0.2) is 9.55 Å². The minimum absolute atomic E-state index is 0.922. The van der Waals surface area contributed by atoms with Gasteiger partial charge < -0.3 is 4.57 Å². The number of allylic oxidation sites excluding steroid dienone is 3. The van der Waals surface area contributed by atoms with Crippen LogP contribution in [0.5, 0.6) is 0 Å². The summed E-state index contributed by atoms with van der Waals surface area (Å²) in [4.78, 5) is 7.35. The van der Waals surface area contributed by atoms with Gasteiger partial charge in [-0.3, -0.25) is 4.90 Å². The summed E-state index contributed by atoms with van der Waals surface area (Å²) in [5.74, 6) is 0.922. The number of anilines is 2. The summed E-state index contributed by atoms with van der Waals surface area (Å²) in [7, 11) is 0. The molecule has 0 saturated carbocycles. The highest BCUT2D eigenvalue weighted by Crippen LogP contribution is 2.49. The van der Waals surface area contributed by atoms with E-state index in [1.54, 1.807) is 0 Å². The zero-order valence-electron chi connectivity index (χ0n) is 27.5. The highest BCUT2D eigenvalue weighted by atomic mass is 15.2. The first-order valence-corrected chi connectivity index (χ1v) is 17.4. The summed E-state index contributed by atoms with van der Waals surface area (Å²) in [6.45, 7) is 0. The molecular weight excluding hydrogens is 607 g/mol. The first-order valence-electron chi connectivity index (χ1n) is 17.4. The Morgan fingerprint density at radius 3 is 2.12 bits per heavy atom. The van der Waals surface area contributed by atoms with E-state index in [4.69, 9.17) is 4.98 Å². The van der Waals surface area contributed by atoms with Crippen molar-refractivity contribution in [3.8, 4) is 39.1 Å². The molecule has 0 saturated heterocycles. The number of hydrogen-bond acceptors (Lipinski definition) is 2. The molecule has 1 aliphatic carbocycles. The first-order chi connectivity index (χ1) is 24.8. The number of nitrogens with zero attached hydrogens (tertiary/aromatic N) is 3. The fourth-order valence-electron chi connectivity index (χ4n) is 7.97. The van der Waals surface area contributed by atoms with Crippen LogP contribution >= 0.6 is 0 Å². The van der Waals surface area contributed by atoms with Crippen molar-refractivity contribution in [2.45, 2.75) is 12.8 Å². The maximum atomic E-state index is 4.98. The van der Waals surface area contributed by atoms with E-state index >= 15 is 0 Å². The fraction of sp³-hybridized carbons (Fsp3) is 0.0426. The molecule has 3 nitrogen and oxygen atoms in total. The Hall–Kier alpha value is -6.45. The van der Waals surface area contributed by atoms with Crippen LogP contribution in [0.3, 0.4) is 0 Å². The summed E-state index contributed by atoms with van der Waals surface area (Å²) in [6.07, 6.45) is 8.53. The molecule has 236 valence electrons. The average molecular weight is 640 g/mol.